The highest BCUT2D eigenvalue weighted by molar-refractivity contribution is 5.76. The van der Waals surface area contributed by atoms with E-state index >= 15 is 0 Å². The molecule has 1 amide bonds. The molecule has 0 saturated heterocycles. The monoisotopic (exact) mass is 185 g/mol. The van der Waals surface area contributed by atoms with Crippen LogP contribution in [0.15, 0.2) is 12.2 Å². The normalized spacial score (nSPS) is 10.2. The fraction of sp³-hybridized carbons (Fsp3) is 0.556. The first-order valence-electron chi connectivity index (χ1n) is 4.26. The average Bonchev–Trinajstić information content (AvgIpc) is 2.04. The van der Waals surface area contributed by atoms with E-state index in [1.807, 2.05) is 19.1 Å². The molecule has 13 heavy (non-hydrogen) atoms. The molecule has 0 aliphatic heterocycles. The van der Waals surface area contributed by atoms with Crippen LogP contribution < -0.4 is 5.32 Å². The van der Waals surface area contributed by atoms with Gasteiger partial charge in [0.25, 0.3) is 0 Å². The Morgan fingerprint density at radius 3 is 2.62 bits per heavy atom. The van der Waals surface area contributed by atoms with Gasteiger partial charge in [0.15, 0.2) is 0 Å². The van der Waals surface area contributed by atoms with Crippen molar-refractivity contribution in [3.05, 3.63) is 12.2 Å². The Morgan fingerprint density at radius 2 is 2.08 bits per heavy atom. The van der Waals surface area contributed by atoms with Crippen LogP contribution in [0, 0.1) is 0 Å². The van der Waals surface area contributed by atoms with Gasteiger partial charge in [0, 0.05) is 19.4 Å². The quantitative estimate of drug-likeness (QED) is 0.605. The summed E-state index contributed by atoms with van der Waals surface area (Å²) >= 11 is 0. The van der Waals surface area contributed by atoms with Crippen LogP contribution in [0.1, 0.15) is 26.2 Å². The second-order valence-electron chi connectivity index (χ2n) is 2.62. The third-order valence-electron chi connectivity index (χ3n) is 1.45. The number of carboxylic acids is 1. The maximum Gasteiger partial charge on any atom is 0.303 e. The van der Waals surface area contributed by atoms with E-state index < -0.39 is 5.97 Å². The van der Waals surface area contributed by atoms with Gasteiger partial charge in [-0.3, -0.25) is 9.59 Å². The highest BCUT2D eigenvalue weighted by Crippen LogP contribution is 1.94. The molecule has 0 spiro atoms. The van der Waals surface area contributed by atoms with Crippen LogP contribution in [-0.2, 0) is 9.59 Å². The molecule has 0 fully saturated rings. The molecule has 4 heteroatoms. The maximum atomic E-state index is 11.0. The van der Waals surface area contributed by atoms with E-state index in [1.54, 1.807) is 0 Å². The van der Waals surface area contributed by atoms with Crippen molar-refractivity contribution in [1.29, 1.82) is 0 Å². The number of carboxylic acid groups (broad SMARTS) is 1. The first-order chi connectivity index (χ1) is 6.16. The molecule has 0 aromatic heterocycles. The third-order valence-corrected chi connectivity index (χ3v) is 1.45. The zero-order valence-electron chi connectivity index (χ0n) is 7.75. The van der Waals surface area contributed by atoms with Crippen molar-refractivity contribution < 1.29 is 14.7 Å². The van der Waals surface area contributed by atoms with Gasteiger partial charge < -0.3 is 10.4 Å². The zero-order valence-corrected chi connectivity index (χ0v) is 7.75. The summed E-state index contributed by atoms with van der Waals surface area (Å²) in [5, 5.41) is 10.9. The van der Waals surface area contributed by atoms with Crippen LogP contribution in [-0.4, -0.2) is 23.5 Å². The van der Waals surface area contributed by atoms with E-state index in [9.17, 15) is 9.59 Å². The second-order valence-corrected chi connectivity index (χ2v) is 2.62. The molecule has 0 radical (unpaired) electrons. The lowest BCUT2D eigenvalue weighted by Crippen LogP contribution is -2.22. The predicted octanol–water partition coefficient (Wildman–Crippen LogP) is 0.934. The van der Waals surface area contributed by atoms with Gasteiger partial charge in [-0.05, 0) is 13.3 Å². The molecule has 0 heterocycles. The molecule has 0 unspecified atom stereocenters. The largest absolute Gasteiger partial charge is 0.481 e. The lowest BCUT2D eigenvalue weighted by atomic mass is 10.2. The topological polar surface area (TPSA) is 66.4 Å². The van der Waals surface area contributed by atoms with Crippen molar-refractivity contribution in [3.8, 4) is 0 Å². The summed E-state index contributed by atoms with van der Waals surface area (Å²) in [6, 6.07) is 0. The van der Waals surface area contributed by atoms with E-state index in [2.05, 4.69) is 5.32 Å². The van der Waals surface area contributed by atoms with Gasteiger partial charge in [-0.2, -0.15) is 0 Å². The van der Waals surface area contributed by atoms with Gasteiger partial charge >= 0.3 is 5.97 Å². The summed E-state index contributed by atoms with van der Waals surface area (Å²) in [6.45, 7) is 2.39. The molecule has 0 aromatic rings. The number of nitrogens with one attached hydrogen (secondary N) is 1. The Bertz CT molecular complexity index is 199. The molecule has 4 nitrogen and oxygen atoms in total. The van der Waals surface area contributed by atoms with Crippen molar-refractivity contribution in [3.63, 3.8) is 0 Å². The lowest BCUT2D eigenvalue weighted by molar-refractivity contribution is -0.137. The first kappa shape index (κ1) is 11.7. The number of amides is 1. The lowest BCUT2D eigenvalue weighted by Gasteiger charge is -1.99. The number of carbonyl (C=O) groups is 2. The van der Waals surface area contributed by atoms with E-state index in [0.717, 1.165) is 0 Å². The fourth-order valence-electron chi connectivity index (χ4n) is 0.779. The van der Waals surface area contributed by atoms with Gasteiger partial charge in [0.1, 0.15) is 0 Å². The zero-order chi connectivity index (χ0) is 10.1. The number of rotatable bonds is 6. The number of hydrogen-bond donors (Lipinski definition) is 2. The predicted molar refractivity (Wildman–Crippen MR) is 49.3 cm³/mol. The molecule has 0 saturated carbocycles. The van der Waals surface area contributed by atoms with Crippen LogP contribution in [0.5, 0.6) is 0 Å². The molecular weight excluding hydrogens is 170 g/mol. The molecule has 0 aliphatic rings. The SMILES string of the molecule is C/C=C/CNC(=O)CCCC(=O)O. The van der Waals surface area contributed by atoms with Crippen LogP contribution in [0.2, 0.25) is 0 Å². The summed E-state index contributed by atoms with van der Waals surface area (Å²) in [5.41, 5.74) is 0. The van der Waals surface area contributed by atoms with Crippen LogP contribution in [0.3, 0.4) is 0 Å². The Morgan fingerprint density at radius 1 is 1.38 bits per heavy atom. The summed E-state index contributed by atoms with van der Waals surface area (Å²) < 4.78 is 0. The Kier molecular flexibility index (Phi) is 6.59. The minimum atomic E-state index is -0.860. The molecule has 74 valence electrons. The summed E-state index contributed by atoms with van der Waals surface area (Å²) in [7, 11) is 0. The van der Waals surface area contributed by atoms with Crippen molar-refractivity contribution in [1.82, 2.24) is 5.32 Å². The first-order valence-corrected chi connectivity index (χ1v) is 4.26. The van der Waals surface area contributed by atoms with Crippen LogP contribution in [0.25, 0.3) is 0 Å². The van der Waals surface area contributed by atoms with Crippen molar-refractivity contribution in [2.75, 3.05) is 6.54 Å². The third kappa shape index (κ3) is 8.59. The van der Waals surface area contributed by atoms with Crippen LogP contribution >= 0.6 is 0 Å². The standard InChI is InChI=1S/C9H15NO3/c1-2-3-7-10-8(11)5-4-6-9(12)13/h2-3H,4-7H2,1H3,(H,10,11)(H,12,13)/b3-2+. The minimum Gasteiger partial charge on any atom is -0.481 e. The molecule has 0 aromatic carbocycles. The highest BCUT2D eigenvalue weighted by atomic mass is 16.4. The number of allylic oxidation sites excluding steroid dienone is 1. The van der Waals surface area contributed by atoms with Crippen molar-refractivity contribution in [2.45, 2.75) is 26.2 Å². The fourth-order valence-corrected chi connectivity index (χ4v) is 0.779. The van der Waals surface area contributed by atoms with Gasteiger partial charge in [0.2, 0.25) is 5.91 Å². The van der Waals surface area contributed by atoms with Gasteiger partial charge in [0.05, 0.1) is 0 Å². The number of hydrogen-bond acceptors (Lipinski definition) is 2. The minimum absolute atomic E-state index is 0.0526. The Labute approximate surface area is 77.6 Å². The number of carbonyl (C=O) groups excluding carboxylic acids is 1. The van der Waals surface area contributed by atoms with Crippen molar-refractivity contribution in [2.24, 2.45) is 0 Å². The molecule has 0 aliphatic carbocycles. The molecular formula is C9H15NO3. The second kappa shape index (κ2) is 7.34. The smallest absolute Gasteiger partial charge is 0.303 e. The molecule has 2 N–H and O–H groups in total. The van der Waals surface area contributed by atoms with E-state index in [-0.39, 0.29) is 18.7 Å². The Hall–Kier alpha value is -1.32. The Balaban J connectivity index is 3.35. The number of aliphatic carboxylic acids is 1. The van der Waals surface area contributed by atoms with Gasteiger partial charge in [-0.1, -0.05) is 12.2 Å². The van der Waals surface area contributed by atoms with Gasteiger partial charge in [-0.25, -0.2) is 0 Å². The summed E-state index contributed by atoms with van der Waals surface area (Å²) in [4.78, 5) is 21.1. The molecule has 0 bridgehead atoms. The van der Waals surface area contributed by atoms with E-state index in [0.29, 0.717) is 13.0 Å². The summed E-state index contributed by atoms with van der Waals surface area (Å²) in [6.07, 6.45) is 4.41. The van der Waals surface area contributed by atoms with Gasteiger partial charge in [-0.15, -0.1) is 0 Å². The summed E-state index contributed by atoms with van der Waals surface area (Å²) in [5.74, 6) is -0.958. The van der Waals surface area contributed by atoms with Crippen LogP contribution in [0.4, 0.5) is 0 Å². The average molecular weight is 185 g/mol. The molecule has 0 rings (SSSR count). The molecule has 0 atom stereocenters. The maximum absolute atomic E-state index is 11.0. The highest BCUT2D eigenvalue weighted by Gasteiger charge is 2.01. The van der Waals surface area contributed by atoms with Crippen molar-refractivity contribution >= 4 is 11.9 Å². The van der Waals surface area contributed by atoms with E-state index in [4.69, 9.17) is 5.11 Å². The van der Waals surface area contributed by atoms with E-state index in [1.165, 1.54) is 0 Å².